The van der Waals surface area contributed by atoms with Crippen LogP contribution in [0.4, 0.5) is 4.79 Å². The molecule has 3 rings (SSSR count). The first-order valence-electron chi connectivity index (χ1n) is 8.61. The first-order chi connectivity index (χ1) is 12.0. The third-order valence-corrected chi connectivity index (χ3v) is 4.93. The maximum absolute atomic E-state index is 12.3. The van der Waals surface area contributed by atoms with Crippen LogP contribution in [0.5, 0.6) is 0 Å². The Morgan fingerprint density at radius 2 is 1.88 bits per heavy atom. The van der Waals surface area contributed by atoms with Crippen LogP contribution in [-0.2, 0) is 16.0 Å². The van der Waals surface area contributed by atoms with Gasteiger partial charge < -0.3 is 15.3 Å². The number of aliphatic hydroxyl groups is 1. The summed E-state index contributed by atoms with van der Waals surface area (Å²) in [7, 11) is 0. The Kier molecular flexibility index (Phi) is 5.03. The number of nitrogens with zero attached hydrogens (tertiary/aromatic N) is 1. The average molecular weight is 345 g/mol. The number of nitrogens with one attached hydrogen (secondary N) is 2. The fourth-order valence-corrected chi connectivity index (χ4v) is 3.41. The smallest absolute Gasteiger partial charge is 0.322 e. The molecule has 2 saturated heterocycles. The number of amides is 4. The fourth-order valence-electron chi connectivity index (χ4n) is 3.41. The number of rotatable bonds is 5. The van der Waals surface area contributed by atoms with Gasteiger partial charge in [0.25, 0.3) is 5.91 Å². The lowest BCUT2D eigenvalue weighted by atomic mass is 9.85. The molecule has 3 N–H and O–H groups in total. The van der Waals surface area contributed by atoms with Crippen molar-refractivity contribution in [2.75, 3.05) is 13.1 Å². The molecule has 0 bridgehead atoms. The first-order valence-corrected chi connectivity index (χ1v) is 8.61. The number of hydrogen-bond donors (Lipinski definition) is 3. The molecule has 7 nitrogen and oxygen atoms in total. The maximum atomic E-state index is 12.3. The summed E-state index contributed by atoms with van der Waals surface area (Å²) in [6.07, 6.45) is 2.16. The average Bonchev–Trinajstić information content (AvgIpc) is 2.91. The number of piperidine rings is 1. The summed E-state index contributed by atoms with van der Waals surface area (Å²) < 4.78 is 0. The van der Waals surface area contributed by atoms with Gasteiger partial charge in [-0.1, -0.05) is 30.3 Å². The number of carbonyl (C=O) groups is 3. The Bertz CT molecular complexity index is 654. The van der Waals surface area contributed by atoms with Crippen molar-refractivity contribution in [1.29, 1.82) is 0 Å². The Morgan fingerprint density at radius 1 is 1.20 bits per heavy atom. The van der Waals surface area contributed by atoms with Gasteiger partial charge in [-0.05, 0) is 24.8 Å². The van der Waals surface area contributed by atoms with Crippen molar-refractivity contribution in [1.82, 2.24) is 15.5 Å². The van der Waals surface area contributed by atoms with Crippen molar-refractivity contribution in [2.24, 2.45) is 0 Å². The standard InChI is InChI=1S/C18H23N3O4/c22-15(7-6-14-16(23)20-17(24)19-14)21-10-8-18(25,9-11-21)12-13-4-2-1-3-5-13/h1-5,14,25H,6-12H2,(H2,19,20,23,24)/t14-/m0/s1. The van der Waals surface area contributed by atoms with Gasteiger partial charge in [0.15, 0.2) is 0 Å². The molecule has 0 radical (unpaired) electrons. The molecular formula is C18H23N3O4. The molecule has 1 aromatic rings. The van der Waals surface area contributed by atoms with Crippen LogP contribution in [0.2, 0.25) is 0 Å². The Labute approximate surface area is 146 Å². The van der Waals surface area contributed by atoms with E-state index < -0.39 is 17.7 Å². The van der Waals surface area contributed by atoms with Gasteiger partial charge in [-0.2, -0.15) is 0 Å². The number of likely N-dealkylation sites (tertiary alicyclic amines) is 1. The fraction of sp³-hybridized carbons (Fsp3) is 0.500. The molecule has 4 amide bonds. The van der Waals surface area contributed by atoms with Crippen LogP contribution in [0.15, 0.2) is 30.3 Å². The largest absolute Gasteiger partial charge is 0.389 e. The quantitative estimate of drug-likeness (QED) is 0.680. The van der Waals surface area contributed by atoms with E-state index in [2.05, 4.69) is 10.6 Å². The highest BCUT2D eigenvalue weighted by Gasteiger charge is 2.35. The minimum atomic E-state index is -0.780. The number of hydrogen-bond acceptors (Lipinski definition) is 4. The summed E-state index contributed by atoms with van der Waals surface area (Å²) in [4.78, 5) is 36.6. The van der Waals surface area contributed by atoms with Crippen molar-refractivity contribution < 1.29 is 19.5 Å². The second kappa shape index (κ2) is 7.23. The van der Waals surface area contributed by atoms with E-state index in [1.165, 1.54) is 0 Å². The zero-order chi connectivity index (χ0) is 17.9. The van der Waals surface area contributed by atoms with E-state index in [4.69, 9.17) is 0 Å². The molecule has 2 aliphatic rings. The maximum Gasteiger partial charge on any atom is 0.322 e. The van der Waals surface area contributed by atoms with Crippen LogP contribution < -0.4 is 10.6 Å². The van der Waals surface area contributed by atoms with Crippen LogP contribution in [0.25, 0.3) is 0 Å². The molecule has 0 aliphatic carbocycles. The van der Waals surface area contributed by atoms with Crippen LogP contribution in [0, 0.1) is 0 Å². The van der Waals surface area contributed by atoms with Crippen LogP contribution in [0.1, 0.15) is 31.2 Å². The van der Waals surface area contributed by atoms with Crippen molar-refractivity contribution in [3.8, 4) is 0 Å². The molecule has 0 spiro atoms. The topological polar surface area (TPSA) is 98.7 Å². The molecule has 1 aromatic carbocycles. The van der Waals surface area contributed by atoms with Crippen molar-refractivity contribution in [3.05, 3.63) is 35.9 Å². The van der Waals surface area contributed by atoms with E-state index in [0.717, 1.165) is 5.56 Å². The van der Waals surface area contributed by atoms with Crippen molar-refractivity contribution >= 4 is 17.8 Å². The molecule has 1 atom stereocenters. The molecule has 0 aromatic heterocycles. The van der Waals surface area contributed by atoms with E-state index in [0.29, 0.717) is 38.8 Å². The third kappa shape index (κ3) is 4.36. The molecule has 2 fully saturated rings. The number of imide groups is 1. The van der Waals surface area contributed by atoms with Crippen LogP contribution >= 0.6 is 0 Å². The summed E-state index contributed by atoms with van der Waals surface area (Å²) in [6, 6.07) is 8.71. The molecule has 25 heavy (non-hydrogen) atoms. The van der Waals surface area contributed by atoms with Gasteiger partial charge in [0, 0.05) is 25.9 Å². The van der Waals surface area contributed by atoms with Crippen molar-refractivity contribution in [2.45, 2.75) is 43.7 Å². The minimum absolute atomic E-state index is 0.0456. The summed E-state index contributed by atoms with van der Waals surface area (Å²) in [5, 5.41) is 15.4. The number of carbonyl (C=O) groups excluding carboxylic acids is 3. The molecular weight excluding hydrogens is 322 g/mol. The van der Waals surface area contributed by atoms with Crippen LogP contribution in [0.3, 0.4) is 0 Å². The molecule has 0 saturated carbocycles. The number of urea groups is 1. The molecule has 134 valence electrons. The van der Waals surface area contributed by atoms with E-state index in [9.17, 15) is 19.5 Å². The SMILES string of the molecule is O=C1NC(=O)[C@H](CCC(=O)N2CCC(O)(Cc3ccccc3)CC2)N1. The summed E-state index contributed by atoms with van der Waals surface area (Å²) in [5.74, 6) is -0.426. The summed E-state index contributed by atoms with van der Waals surface area (Å²) in [6.45, 7) is 1.01. The highest BCUT2D eigenvalue weighted by molar-refractivity contribution is 6.04. The van der Waals surface area contributed by atoms with Gasteiger partial charge in [-0.3, -0.25) is 14.9 Å². The molecule has 2 aliphatic heterocycles. The van der Waals surface area contributed by atoms with Gasteiger partial charge >= 0.3 is 6.03 Å². The summed E-state index contributed by atoms with van der Waals surface area (Å²) in [5.41, 5.74) is 0.310. The molecule has 7 heteroatoms. The monoisotopic (exact) mass is 345 g/mol. The zero-order valence-electron chi connectivity index (χ0n) is 14.0. The van der Waals surface area contributed by atoms with Crippen LogP contribution in [-0.4, -0.2) is 52.6 Å². The lowest BCUT2D eigenvalue weighted by molar-refractivity contribution is -0.135. The Hall–Kier alpha value is -2.41. The normalized spacial score (nSPS) is 22.4. The van der Waals surface area contributed by atoms with Gasteiger partial charge in [0.05, 0.1) is 5.60 Å². The first kappa shape index (κ1) is 17.4. The van der Waals surface area contributed by atoms with E-state index in [1.54, 1.807) is 4.90 Å². The zero-order valence-corrected chi connectivity index (χ0v) is 14.0. The third-order valence-electron chi connectivity index (χ3n) is 4.93. The molecule has 0 unspecified atom stereocenters. The van der Waals surface area contributed by atoms with E-state index in [-0.39, 0.29) is 18.2 Å². The Morgan fingerprint density at radius 3 is 2.48 bits per heavy atom. The second-order valence-corrected chi connectivity index (χ2v) is 6.82. The number of benzene rings is 1. The molecule has 2 heterocycles. The van der Waals surface area contributed by atoms with Gasteiger partial charge in [-0.15, -0.1) is 0 Å². The lowest BCUT2D eigenvalue weighted by Gasteiger charge is -2.38. The van der Waals surface area contributed by atoms with Crippen molar-refractivity contribution in [3.63, 3.8) is 0 Å². The van der Waals surface area contributed by atoms with Gasteiger partial charge in [0.1, 0.15) is 6.04 Å². The highest BCUT2D eigenvalue weighted by Crippen LogP contribution is 2.27. The Balaban J connectivity index is 1.46. The summed E-state index contributed by atoms with van der Waals surface area (Å²) >= 11 is 0. The van der Waals surface area contributed by atoms with E-state index in [1.807, 2.05) is 30.3 Å². The minimum Gasteiger partial charge on any atom is -0.389 e. The van der Waals surface area contributed by atoms with Gasteiger partial charge in [-0.25, -0.2) is 4.79 Å². The lowest BCUT2D eigenvalue weighted by Crippen LogP contribution is -2.48. The predicted molar refractivity (Wildman–Crippen MR) is 90.6 cm³/mol. The highest BCUT2D eigenvalue weighted by atomic mass is 16.3. The van der Waals surface area contributed by atoms with Gasteiger partial charge in [0.2, 0.25) is 5.91 Å². The van der Waals surface area contributed by atoms with E-state index >= 15 is 0 Å². The second-order valence-electron chi connectivity index (χ2n) is 6.82. The predicted octanol–water partition coefficient (Wildman–Crippen LogP) is 0.571.